The predicted octanol–water partition coefficient (Wildman–Crippen LogP) is 1.73. The number of aromatic nitrogens is 2. The Bertz CT molecular complexity index is 618. The summed E-state index contributed by atoms with van der Waals surface area (Å²) in [5, 5.41) is 27.2. The van der Waals surface area contributed by atoms with Gasteiger partial charge in [-0.3, -0.25) is 9.69 Å². The lowest BCUT2D eigenvalue weighted by molar-refractivity contribution is -0.115. The molecular formula is C11H9N3O3S2. The summed E-state index contributed by atoms with van der Waals surface area (Å²) in [5.74, 6) is -0.187. The van der Waals surface area contributed by atoms with Gasteiger partial charge in [-0.05, 0) is 6.07 Å². The molecule has 1 fully saturated rings. The summed E-state index contributed by atoms with van der Waals surface area (Å²) in [4.78, 5) is 13.4. The first-order valence-electron chi connectivity index (χ1n) is 5.39. The van der Waals surface area contributed by atoms with Crippen molar-refractivity contribution < 1.29 is 15.0 Å². The van der Waals surface area contributed by atoms with Crippen LogP contribution >= 0.6 is 23.1 Å². The lowest BCUT2D eigenvalue weighted by Gasteiger charge is -2.21. The predicted molar refractivity (Wildman–Crippen MR) is 72.4 cm³/mol. The van der Waals surface area contributed by atoms with Crippen LogP contribution in [0.1, 0.15) is 10.9 Å². The fourth-order valence-corrected chi connectivity index (χ4v) is 3.73. The average molecular weight is 295 g/mol. The van der Waals surface area contributed by atoms with Gasteiger partial charge in [0.15, 0.2) is 11.5 Å². The van der Waals surface area contributed by atoms with Gasteiger partial charge in [-0.15, -0.1) is 22.0 Å². The van der Waals surface area contributed by atoms with Gasteiger partial charge in [0, 0.05) is 5.56 Å². The highest BCUT2D eigenvalue weighted by Gasteiger charge is 2.37. The molecule has 0 unspecified atom stereocenters. The van der Waals surface area contributed by atoms with E-state index in [0.717, 1.165) is 0 Å². The van der Waals surface area contributed by atoms with Crippen LogP contribution in [-0.4, -0.2) is 32.1 Å². The molecule has 19 heavy (non-hydrogen) atoms. The molecule has 0 aliphatic carbocycles. The zero-order valence-electron chi connectivity index (χ0n) is 9.55. The zero-order chi connectivity index (χ0) is 13.4. The number of nitrogens with zero attached hydrogens (tertiary/aromatic N) is 3. The van der Waals surface area contributed by atoms with E-state index in [1.54, 1.807) is 17.6 Å². The molecule has 0 spiro atoms. The summed E-state index contributed by atoms with van der Waals surface area (Å²) in [7, 11) is 0. The van der Waals surface area contributed by atoms with Crippen LogP contribution in [0.25, 0.3) is 0 Å². The highest BCUT2D eigenvalue weighted by Crippen LogP contribution is 2.46. The van der Waals surface area contributed by atoms with E-state index in [4.69, 9.17) is 0 Å². The van der Waals surface area contributed by atoms with E-state index in [-0.39, 0.29) is 17.4 Å². The Morgan fingerprint density at radius 2 is 2.21 bits per heavy atom. The van der Waals surface area contributed by atoms with Crippen molar-refractivity contribution >= 4 is 34.1 Å². The number of phenolic OH excluding ortho intramolecular Hbond substituents is 2. The SMILES string of the molecule is O=C1CS[C@H](c2cccc(O)c2O)N1c1nncs1. The Morgan fingerprint density at radius 3 is 2.95 bits per heavy atom. The summed E-state index contributed by atoms with van der Waals surface area (Å²) in [6, 6.07) is 4.71. The molecule has 1 atom stereocenters. The van der Waals surface area contributed by atoms with Crippen LogP contribution in [0, 0.1) is 0 Å². The van der Waals surface area contributed by atoms with Crippen LogP contribution in [0.5, 0.6) is 11.5 Å². The van der Waals surface area contributed by atoms with Crippen molar-refractivity contribution in [1.29, 1.82) is 0 Å². The van der Waals surface area contributed by atoms with E-state index in [1.807, 2.05) is 0 Å². The van der Waals surface area contributed by atoms with Crippen LogP contribution < -0.4 is 4.90 Å². The Labute approximate surface area is 116 Å². The highest BCUT2D eigenvalue weighted by atomic mass is 32.2. The smallest absolute Gasteiger partial charge is 0.240 e. The molecule has 2 aromatic rings. The Hall–Kier alpha value is -1.80. The number of thioether (sulfide) groups is 1. The number of aromatic hydroxyl groups is 2. The van der Waals surface area contributed by atoms with Crippen LogP contribution in [0.4, 0.5) is 5.13 Å². The Balaban J connectivity index is 2.04. The molecule has 0 radical (unpaired) electrons. The number of carbonyl (C=O) groups is 1. The van der Waals surface area contributed by atoms with Gasteiger partial charge in [0.2, 0.25) is 11.0 Å². The molecule has 1 saturated heterocycles. The maximum absolute atomic E-state index is 12.0. The van der Waals surface area contributed by atoms with Crippen molar-refractivity contribution in [2.24, 2.45) is 0 Å². The summed E-state index contributed by atoms with van der Waals surface area (Å²) in [6.45, 7) is 0. The summed E-state index contributed by atoms with van der Waals surface area (Å²) in [6.07, 6.45) is 0. The highest BCUT2D eigenvalue weighted by molar-refractivity contribution is 8.00. The fourth-order valence-electron chi connectivity index (χ4n) is 1.88. The van der Waals surface area contributed by atoms with E-state index in [0.29, 0.717) is 16.4 Å². The number of phenols is 2. The van der Waals surface area contributed by atoms with Gasteiger partial charge in [-0.25, -0.2) is 0 Å². The van der Waals surface area contributed by atoms with E-state index < -0.39 is 5.37 Å². The van der Waals surface area contributed by atoms with Crippen molar-refractivity contribution in [1.82, 2.24) is 10.2 Å². The molecule has 1 aromatic carbocycles. The summed E-state index contributed by atoms with van der Waals surface area (Å²) in [5.41, 5.74) is 2.04. The third-order valence-electron chi connectivity index (χ3n) is 2.73. The van der Waals surface area contributed by atoms with Crippen molar-refractivity contribution in [3.8, 4) is 11.5 Å². The second kappa shape index (κ2) is 4.71. The van der Waals surface area contributed by atoms with Crippen molar-refractivity contribution in [2.75, 3.05) is 10.7 Å². The quantitative estimate of drug-likeness (QED) is 0.821. The monoisotopic (exact) mass is 295 g/mol. The first-order chi connectivity index (χ1) is 9.18. The number of hydrogen-bond donors (Lipinski definition) is 2. The summed E-state index contributed by atoms with van der Waals surface area (Å²) < 4.78 is 0. The topological polar surface area (TPSA) is 86.5 Å². The maximum Gasteiger partial charge on any atom is 0.240 e. The molecule has 1 amide bonds. The van der Waals surface area contributed by atoms with Crippen LogP contribution in [0.15, 0.2) is 23.7 Å². The molecule has 1 aliphatic rings. The van der Waals surface area contributed by atoms with E-state index in [9.17, 15) is 15.0 Å². The van der Waals surface area contributed by atoms with Gasteiger partial charge in [0.25, 0.3) is 0 Å². The van der Waals surface area contributed by atoms with E-state index in [1.165, 1.54) is 34.1 Å². The standard InChI is InChI=1S/C11H9N3O3S2/c15-7-3-1-2-6(9(7)17)10-14(8(16)4-18-10)11-13-12-5-19-11/h1-3,5,10,15,17H,4H2/t10-/m1/s1. The molecule has 2 heterocycles. The van der Waals surface area contributed by atoms with Gasteiger partial charge >= 0.3 is 0 Å². The second-order valence-corrected chi connectivity index (χ2v) is 5.74. The van der Waals surface area contributed by atoms with Crippen LogP contribution in [-0.2, 0) is 4.79 Å². The van der Waals surface area contributed by atoms with Gasteiger partial charge in [0.05, 0.1) is 5.75 Å². The Kier molecular flexibility index (Phi) is 3.03. The average Bonchev–Trinajstić information content (AvgIpc) is 3.02. The number of anilines is 1. The minimum absolute atomic E-state index is 0.0884. The number of amides is 1. The van der Waals surface area contributed by atoms with Gasteiger partial charge in [0.1, 0.15) is 10.9 Å². The molecule has 2 N–H and O–H groups in total. The summed E-state index contributed by atoms with van der Waals surface area (Å²) >= 11 is 2.63. The third-order valence-corrected chi connectivity index (χ3v) is 4.62. The molecule has 1 aromatic heterocycles. The molecule has 3 rings (SSSR count). The minimum Gasteiger partial charge on any atom is -0.504 e. The molecular weight excluding hydrogens is 286 g/mol. The van der Waals surface area contributed by atoms with Crippen LogP contribution in [0.2, 0.25) is 0 Å². The van der Waals surface area contributed by atoms with Gasteiger partial charge < -0.3 is 10.2 Å². The fraction of sp³-hybridized carbons (Fsp3) is 0.182. The number of benzene rings is 1. The van der Waals surface area contributed by atoms with Crippen molar-refractivity contribution in [2.45, 2.75) is 5.37 Å². The van der Waals surface area contributed by atoms with Crippen molar-refractivity contribution in [3.05, 3.63) is 29.3 Å². The lowest BCUT2D eigenvalue weighted by Crippen LogP contribution is -2.27. The van der Waals surface area contributed by atoms with E-state index in [2.05, 4.69) is 10.2 Å². The Morgan fingerprint density at radius 1 is 1.37 bits per heavy atom. The van der Waals surface area contributed by atoms with E-state index >= 15 is 0 Å². The molecule has 0 saturated carbocycles. The number of para-hydroxylation sites is 1. The largest absolute Gasteiger partial charge is 0.504 e. The number of rotatable bonds is 2. The second-order valence-electron chi connectivity index (χ2n) is 3.86. The minimum atomic E-state index is -0.396. The lowest BCUT2D eigenvalue weighted by atomic mass is 10.1. The molecule has 98 valence electrons. The first kappa shape index (κ1) is 12.2. The van der Waals surface area contributed by atoms with Gasteiger partial charge in [-0.1, -0.05) is 23.5 Å². The molecule has 8 heteroatoms. The first-order valence-corrected chi connectivity index (χ1v) is 7.32. The zero-order valence-corrected chi connectivity index (χ0v) is 11.2. The number of carbonyl (C=O) groups excluding carboxylic acids is 1. The molecule has 1 aliphatic heterocycles. The van der Waals surface area contributed by atoms with Crippen molar-refractivity contribution in [3.63, 3.8) is 0 Å². The normalized spacial score (nSPS) is 19.1. The van der Waals surface area contributed by atoms with Crippen LogP contribution in [0.3, 0.4) is 0 Å². The molecule has 0 bridgehead atoms. The maximum atomic E-state index is 12.0. The molecule has 6 nitrogen and oxygen atoms in total. The number of hydrogen-bond acceptors (Lipinski definition) is 7. The van der Waals surface area contributed by atoms with Gasteiger partial charge in [-0.2, -0.15) is 0 Å². The third kappa shape index (κ3) is 2.02.